The average Bonchev–Trinajstić information content (AvgIpc) is 3.07. The van der Waals surface area contributed by atoms with Crippen molar-refractivity contribution in [2.24, 2.45) is 7.05 Å². The van der Waals surface area contributed by atoms with Gasteiger partial charge in [-0.1, -0.05) is 35.5 Å². The number of urea groups is 1. The number of nitrogens with zero attached hydrogens (tertiary/aromatic N) is 3. The van der Waals surface area contributed by atoms with Crippen LogP contribution in [-0.4, -0.2) is 39.1 Å². The van der Waals surface area contributed by atoms with Crippen LogP contribution in [0, 0.1) is 0 Å². The summed E-state index contributed by atoms with van der Waals surface area (Å²) in [6, 6.07) is 5.13. The molecule has 1 aliphatic rings. The van der Waals surface area contributed by atoms with Crippen LogP contribution >= 0.6 is 23.4 Å². The molecule has 0 aliphatic carbocycles. The van der Waals surface area contributed by atoms with Crippen LogP contribution in [0.15, 0.2) is 40.7 Å². The minimum absolute atomic E-state index is 0.0288. The number of halogens is 4. The molecule has 0 saturated heterocycles. The number of benzene rings is 1. The summed E-state index contributed by atoms with van der Waals surface area (Å²) in [5, 5.41) is 12.4. The molecule has 0 fully saturated rings. The van der Waals surface area contributed by atoms with E-state index in [2.05, 4.69) is 20.8 Å². The number of hydrogen-bond acceptors (Lipinski definition) is 6. The molecule has 31 heavy (non-hydrogen) atoms. The van der Waals surface area contributed by atoms with Crippen molar-refractivity contribution in [2.45, 2.75) is 24.3 Å². The van der Waals surface area contributed by atoms with Crippen LogP contribution in [0.4, 0.5) is 18.0 Å². The van der Waals surface area contributed by atoms with Crippen molar-refractivity contribution >= 4 is 35.4 Å². The highest BCUT2D eigenvalue weighted by atomic mass is 35.5. The largest absolute Gasteiger partial charge is 0.463 e. The Morgan fingerprint density at radius 1 is 1.29 bits per heavy atom. The number of thioether (sulfide) groups is 1. The zero-order valence-electron chi connectivity index (χ0n) is 16.3. The maximum absolute atomic E-state index is 13.0. The van der Waals surface area contributed by atoms with Gasteiger partial charge in [0.2, 0.25) is 5.82 Å². The molecule has 0 spiro atoms. The molecule has 1 aliphatic heterocycles. The van der Waals surface area contributed by atoms with Crippen molar-refractivity contribution < 1.29 is 27.5 Å². The number of alkyl halides is 3. The zero-order valence-corrected chi connectivity index (χ0v) is 17.9. The second kappa shape index (κ2) is 9.18. The SMILES string of the molecule is CCOC(=O)C1=C(CSc2nnc(C(F)(F)F)n2C)NC(=O)NC1c1ccc(Cl)cc1. The van der Waals surface area contributed by atoms with Gasteiger partial charge in [0, 0.05) is 23.5 Å². The number of carbonyl (C=O) groups excluding carboxylic acids is 2. The first-order valence-electron chi connectivity index (χ1n) is 8.94. The minimum Gasteiger partial charge on any atom is -0.463 e. The molecule has 1 aromatic carbocycles. The third-order valence-electron chi connectivity index (χ3n) is 4.29. The lowest BCUT2D eigenvalue weighted by molar-refractivity contribution is -0.147. The lowest BCUT2D eigenvalue weighted by Crippen LogP contribution is -2.46. The van der Waals surface area contributed by atoms with E-state index < -0.39 is 30.0 Å². The van der Waals surface area contributed by atoms with E-state index in [9.17, 15) is 22.8 Å². The average molecular weight is 476 g/mol. The Kier molecular flexibility index (Phi) is 6.80. The van der Waals surface area contributed by atoms with Crippen LogP contribution in [-0.2, 0) is 22.8 Å². The van der Waals surface area contributed by atoms with E-state index in [1.807, 2.05) is 0 Å². The number of esters is 1. The monoisotopic (exact) mass is 475 g/mol. The molecule has 2 heterocycles. The van der Waals surface area contributed by atoms with Gasteiger partial charge in [-0.05, 0) is 24.6 Å². The predicted molar refractivity (Wildman–Crippen MR) is 106 cm³/mol. The molecular formula is C18H17ClF3N5O3S. The van der Waals surface area contributed by atoms with E-state index in [0.717, 1.165) is 16.3 Å². The fraction of sp³-hybridized carbons (Fsp3) is 0.333. The number of aromatic nitrogens is 3. The van der Waals surface area contributed by atoms with E-state index in [1.165, 1.54) is 7.05 Å². The standard InChI is InChI=1S/C18H17ClF3N5O3S/c1-3-30-14(28)12-11(8-31-17-26-25-15(27(17)2)18(20,21)22)23-16(29)24-13(12)9-4-6-10(19)7-5-9/h4-7,13H,3,8H2,1-2H3,(H2,23,24,29). The Morgan fingerprint density at radius 2 is 1.97 bits per heavy atom. The molecule has 2 amide bonds. The molecule has 1 unspecified atom stereocenters. The highest BCUT2D eigenvalue weighted by molar-refractivity contribution is 7.99. The lowest BCUT2D eigenvalue weighted by Gasteiger charge is -2.29. The number of amides is 2. The molecule has 1 aromatic heterocycles. The Morgan fingerprint density at radius 3 is 2.55 bits per heavy atom. The van der Waals surface area contributed by atoms with Crippen LogP contribution in [0.5, 0.6) is 0 Å². The molecular weight excluding hydrogens is 459 g/mol. The molecule has 3 rings (SSSR count). The first kappa shape index (κ1) is 22.9. The third-order valence-corrected chi connectivity index (χ3v) is 5.59. The van der Waals surface area contributed by atoms with E-state index >= 15 is 0 Å². The summed E-state index contributed by atoms with van der Waals surface area (Å²) in [5.41, 5.74) is 0.918. The summed E-state index contributed by atoms with van der Waals surface area (Å²) >= 11 is 6.81. The zero-order chi connectivity index (χ0) is 22.8. The maximum atomic E-state index is 13.0. The van der Waals surface area contributed by atoms with E-state index in [0.29, 0.717) is 10.6 Å². The Labute approximate surface area is 184 Å². The Hall–Kier alpha value is -2.73. The van der Waals surface area contributed by atoms with Gasteiger partial charge in [0.25, 0.3) is 0 Å². The van der Waals surface area contributed by atoms with Crippen molar-refractivity contribution in [1.82, 2.24) is 25.4 Å². The van der Waals surface area contributed by atoms with Gasteiger partial charge in [0.15, 0.2) is 5.16 Å². The van der Waals surface area contributed by atoms with Crippen molar-refractivity contribution in [1.29, 1.82) is 0 Å². The number of hydrogen-bond donors (Lipinski definition) is 2. The highest BCUT2D eigenvalue weighted by Gasteiger charge is 2.38. The van der Waals surface area contributed by atoms with Crippen LogP contribution in [0.3, 0.4) is 0 Å². The third kappa shape index (κ3) is 5.13. The van der Waals surface area contributed by atoms with Crippen LogP contribution in [0.2, 0.25) is 5.02 Å². The molecule has 0 saturated carbocycles. The van der Waals surface area contributed by atoms with Crippen LogP contribution < -0.4 is 10.6 Å². The lowest BCUT2D eigenvalue weighted by atomic mass is 9.95. The first-order chi connectivity index (χ1) is 14.6. The van der Waals surface area contributed by atoms with Gasteiger partial charge in [0.1, 0.15) is 0 Å². The van der Waals surface area contributed by atoms with Gasteiger partial charge in [-0.3, -0.25) is 0 Å². The molecule has 1 atom stereocenters. The Balaban J connectivity index is 1.96. The van der Waals surface area contributed by atoms with E-state index in [1.54, 1.807) is 31.2 Å². The number of nitrogens with one attached hydrogen (secondary N) is 2. The quantitative estimate of drug-likeness (QED) is 0.490. The normalized spacial score (nSPS) is 16.7. The van der Waals surface area contributed by atoms with Gasteiger partial charge in [-0.15, -0.1) is 10.2 Å². The van der Waals surface area contributed by atoms with E-state index in [-0.39, 0.29) is 28.8 Å². The fourth-order valence-electron chi connectivity index (χ4n) is 2.91. The van der Waals surface area contributed by atoms with E-state index in [4.69, 9.17) is 16.3 Å². The van der Waals surface area contributed by atoms with Gasteiger partial charge < -0.3 is 19.9 Å². The molecule has 0 bridgehead atoms. The van der Waals surface area contributed by atoms with Gasteiger partial charge >= 0.3 is 18.2 Å². The second-order valence-corrected chi connectivity index (χ2v) is 7.73. The smallest absolute Gasteiger partial charge is 0.451 e. The summed E-state index contributed by atoms with van der Waals surface area (Å²) in [4.78, 5) is 24.9. The topological polar surface area (TPSA) is 98.1 Å². The summed E-state index contributed by atoms with van der Waals surface area (Å²) < 4.78 is 44.8. The second-order valence-electron chi connectivity index (χ2n) is 6.35. The molecule has 8 nitrogen and oxygen atoms in total. The molecule has 166 valence electrons. The summed E-state index contributed by atoms with van der Waals surface area (Å²) in [7, 11) is 1.18. The molecule has 2 N–H and O–H groups in total. The first-order valence-corrected chi connectivity index (χ1v) is 10.3. The van der Waals surface area contributed by atoms with Gasteiger partial charge in [-0.25, -0.2) is 9.59 Å². The summed E-state index contributed by atoms with van der Waals surface area (Å²) in [6.07, 6.45) is -4.65. The highest BCUT2D eigenvalue weighted by Crippen LogP contribution is 2.33. The van der Waals surface area contributed by atoms with Crippen molar-refractivity contribution in [2.75, 3.05) is 12.4 Å². The predicted octanol–water partition coefficient (Wildman–Crippen LogP) is 3.45. The maximum Gasteiger partial charge on any atom is 0.451 e. The summed E-state index contributed by atoms with van der Waals surface area (Å²) in [6.45, 7) is 1.74. The van der Waals surface area contributed by atoms with Crippen molar-refractivity contribution in [3.63, 3.8) is 0 Å². The number of rotatable bonds is 6. The number of ether oxygens (including phenoxy) is 1. The molecule has 0 radical (unpaired) electrons. The fourth-order valence-corrected chi connectivity index (χ4v) is 3.92. The van der Waals surface area contributed by atoms with Crippen LogP contribution in [0.1, 0.15) is 24.4 Å². The minimum atomic E-state index is -4.65. The summed E-state index contributed by atoms with van der Waals surface area (Å²) in [5.74, 6) is -1.86. The number of carbonyl (C=O) groups is 2. The van der Waals surface area contributed by atoms with Crippen molar-refractivity contribution in [3.8, 4) is 0 Å². The molecule has 2 aromatic rings. The van der Waals surface area contributed by atoms with Crippen molar-refractivity contribution in [3.05, 3.63) is 51.9 Å². The van der Waals surface area contributed by atoms with Gasteiger partial charge in [-0.2, -0.15) is 13.2 Å². The Bertz CT molecular complexity index is 1020. The molecule has 13 heteroatoms. The van der Waals surface area contributed by atoms with Gasteiger partial charge in [0.05, 0.1) is 18.2 Å². The van der Waals surface area contributed by atoms with Crippen LogP contribution in [0.25, 0.3) is 0 Å².